The van der Waals surface area contributed by atoms with Crippen molar-refractivity contribution in [3.05, 3.63) is 23.1 Å². The zero-order chi connectivity index (χ0) is 14.7. The summed E-state index contributed by atoms with van der Waals surface area (Å²) in [7, 11) is 1.71. The second-order valence-corrected chi connectivity index (χ2v) is 7.16. The summed E-state index contributed by atoms with van der Waals surface area (Å²) in [5.41, 5.74) is 1.15. The lowest BCUT2D eigenvalue weighted by atomic mass is 10.4. The number of ether oxygens (including phenoxy) is 1. The van der Waals surface area contributed by atoms with Gasteiger partial charge in [0.25, 0.3) is 0 Å². The molecule has 1 N–H and O–H groups in total. The number of methoxy groups -OCH3 is 1. The molecule has 21 heavy (non-hydrogen) atoms. The van der Waals surface area contributed by atoms with Gasteiger partial charge in [0.2, 0.25) is 0 Å². The maximum absolute atomic E-state index is 5.06. The molecule has 0 radical (unpaired) electrons. The first-order valence-electron chi connectivity index (χ1n) is 6.40. The van der Waals surface area contributed by atoms with Crippen molar-refractivity contribution in [1.29, 1.82) is 0 Å². The highest BCUT2D eigenvalue weighted by atomic mass is 32.2. The average Bonchev–Trinajstić information content (AvgIpc) is 3.13. The number of thiazole rings is 1. The SMILES string of the molecule is COCCNCc1c(Sc2nc(C)ns2)nc2sccn12. The first-order valence-corrected chi connectivity index (χ1v) is 8.87. The van der Waals surface area contributed by atoms with Crippen LogP contribution in [-0.2, 0) is 11.3 Å². The van der Waals surface area contributed by atoms with Crippen LogP contribution in [-0.4, -0.2) is 39.0 Å². The number of hydrogen-bond donors (Lipinski definition) is 1. The minimum absolute atomic E-state index is 0.698. The summed E-state index contributed by atoms with van der Waals surface area (Å²) in [6.45, 7) is 4.17. The Labute approximate surface area is 134 Å². The molecule has 0 amide bonds. The van der Waals surface area contributed by atoms with Crippen LogP contribution >= 0.6 is 34.6 Å². The molecule has 0 unspecified atom stereocenters. The first kappa shape index (κ1) is 14.9. The van der Waals surface area contributed by atoms with Gasteiger partial charge < -0.3 is 10.1 Å². The fourth-order valence-electron chi connectivity index (χ4n) is 1.84. The third-order valence-corrected chi connectivity index (χ3v) is 5.41. The van der Waals surface area contributed by atoms with Gasteiger partial charge in [0.15, 0.2) is 9.30 Å². The highest BCUT2D eigenvalue weighted by molar-refractivity contribution is 8.00. The van der Waals surface area contributed by atoms with E-state index in [-0.39, 0.29) is 0 Å². The standard InChI is InChI=1S/C12H15N5OS3/c1-8-14-12(21-16-8)20-10-9(7-13-3-5-18-2)17-4-6-19-11(17)15-10/h4,6,13H,3,5,7H2,1-2H3. The molecule has 3 rings (SSSR count). The summed E-state index contributed by atoms with van der Waals surface area (Å²) in [6.07, 6.45) is 2.05. The van der Waals surface area contributed by atoms with E-state index in [1.54, 1.807) is 30.2 Å². The molecular formula is C12H15N5OS3. The molecule has 9 heteroatoms. The average molecular weight is 341 g/mol. The number of aryl methyl sites for hydroxylation is 1. The van der Waals surface area contributed by atoms with Crippen molar-refractivity contribution >= 4 is 39.6 Å². The molecule has 0 aliphatic heterocycles. The molecule has 0 aliphatic carbocycles. The second kappa shape index (κ2) is 6.84. The van der Waals surface area contributed by atoms with Crippen molar-refractivity contribution in [2.24, 2.45) is 0 Å². The van der Waals surface area contributed by atoms with Gasteiger partial charge in [-0.2, -0.15) is 4.37 Å². The van der Waals surface area contributed by atoms with Gasteiger partial charge in [-0.3, -0.25) is 4.40 Å². The van der Waals surface area contributed by atoms with Crippen molar-refractivity contribution in [1.82, 2.24) is 24.1 Å². The van der Waals surface area contributed by atoms with Crippen molar-refractivity contribution in [2.75, 3.05) is 20.3 Å². The molecule has 0 spiro atoms. The highest BCUT2D eigenvalue weighted by Crippen LogP contribution is 2.32. The topological polar surface area (TPSA) is 64.3 Å². The van der Waals surface area contributed by atoms with E-state index in [0.29, 0.717) is 6.61 Å². The Hall–Kier alpha value is -1.00. The van der Waals surface area contributed by atoms with Gasteiger partial charge in [-0.25, -0.2) is 9.97 Å². The largest absolute Gasteiger partial charge is 0.383 e. The molecule has 0 fully saturated rings. The van der Waals surface area contributed by atoms with Crippen molar-refractivity contribution in [3.63, 3.8) is 0 Å². The van der Waals surface area contributed by atoms with Crippen molar-refractivity contribution < 1.29 is 4.74 Å². The third-order valence-electron chi connectivity index (χ3n) is 2.79. The van der Waals surface area contributed by atoms with Gasteiger partial charge in [0.05, 0.1) is 12.3 Å². The number of aromatic nitrogens is 4. The predicted molar refractivity (Wildman–Crippen MR) is 85.4 cm³/mol. The fraction of sp³-hybridized carbons (Fsp3) is 0.417. The summed E-state index contributed by atoms with van der Waals surface area (Å²) in [4.78, 5) is 10.1. The summed E-state index contributed by atoms with van der Waals surface area (Å²) in [5, 5.41) is 6.41. The Bertz CT molecular complexity index is 719. The van der Waals surface area contributed by atoms with E-state index in [4.69, 9.17) is 4.74 Å². The third kappa shape index (κ3) is 3.43. The Kier molecular flexibility index (Phi) is 4.86. The lowest BCUT2D eigenvalue weighted by molar-refractivity contribution is 0.199. The maximum Gasteiger partial charge on any atom is 0.194 e. The monoisotopic (exact) mass is 341 g/mol. The minimum Gasteiger partial charge on any atom is -0.383 e. The molecule has 6 nitrogen and oxygen atoms in total. The summed E-state index contributed by atoms with van der Waals surface area (Å²) < 4.78 is 12.3. The first-order chi connectivity index (χ1) is 10.3. The van der Waals surface area contributed by atoms with Crippen LogP contribution in [0, 0.1) is 6.92 Å². The molecule has 0 aromatic carbocycles. The molecule has 3 aromatic rings. The Morgan fingerprint density at radius 3 is 3.10 bits per heavy atom. The van der Waals surface area contributed by atoms with Gasteiger partial charge in [0, 0.05) is 31.8 Å². The number of hydrogen-bond acceptors (Lipinski definition) is 8. The quantitative estimate of drug-likeness (QED) is 0.666. The number of rotatable bonds is 7. The summed E-state index contributed by atoms with van der Waals surface area (Å²) in [5.74, 6) is 0.809. The maximum atomic E-state index is 5.06. The molecule has 0 saturated carbocycles. The van der Waals surface area contributed by atoms with E-state index < -0.39 is 0 Å². The van der Waals surface area contributed by atoms with E-state index in [0.717, 1.165) is 38.9 Å². The molecule has 112 valence electrons. The lowest BCUT2D eigenvalue weighted by Crippen LogP contribution is -2.19. The van der Waals surface area contributed by atoms with Crippen LogP contribution < -0.4 is 5.32 Å². The molecule has 3 heterocycles. The van der Waals surface area contributed by atoms with Crippen LogP contribution in [0.1, 0.15) is 11.5 Å². The molecule has 0 aliphatic rings. The van der Waals surface area contributed by atoms with Gasteiger partial charge in [-0.15, -0.1) is 11.3 Å². The van der Waals surface area contributed by atoms with Crippen LogP contribution in [0.25, 0.3) is 4.96 Å². The Morgan fingerprint density at radius 2 is 2.33 bits per heavy atom. The van der Waals surface area contributed by atoms with Crippen LogP contribution in [0.5, 0.6) is 0 Å². The van der Waals surface area contributed by atoms with Gasteiger partial charge >= 0.3 is 0 Å². The molecular weight excluding hydrogens is 326 g/mol. The predicted octanol–water partition coefficient (Wildman–Crippen LogP) is 2.44. The van der Waals surface area contributed by atoms with Crippen LogP contribution in [0.15, 0.2) is 20.9 Å². The fourth-order valence-corrected chi connectivity index (χ4v) is 4.31. The van der Waals surface area contributed by atoms with Gasteiger partial charge in [0.1, 0.15) is 10.9 Å². The van der Waals surface area contributed by atoms with E-state index in [2.05, 4.69) is 30.3 Å². The van der Waals surface area contributed by atoms with E-state index in [9.17, 15) is 0 Å². The molecule has 0 bridgehead atoms. The summed E-state index contributed by atoms with van der Waals surface area (Å²) in [6, 6.07) is 0. The minimum atomic E-state index is 0.698. The van der Waals surface area contributed by atoms with Crippen LogP contribution in [0.3, 0.4) is 0 Å². The smallest absolute Gasteiger partial charge is 0.194 e. The molecule has 3 aromatic heterocycles. The van der Waals surface area contributed by atoms with E-state index in [1.807, 2.05) is 12.3 Å². The van der Waals surface area contributed by atoms with Crippen LogP contribution in [0.4, 0.5) is 0 Å². The highest BCUT2D eigenvalue weighted by Gasteiger charge is 2.15. The molecule has 0 atom stereocenters. The second-order valence-electron chi connectivity index (χ2n) is 4.30. The van der Waals surface area contributed by atoms with Crippen molar-refractivity contribution in [3.8, 4) is 0 Å². The molecule has 0 saturated heterocycles. The number of imidazole rings is 1. The lowest BCUT2D eigenvalue weighted by Gasteiger charge is -2.05. The zero-order valence-corrected chi connectivity index (χ0v) is 14.1. The van der Waals surface area contributed by atoms with E-state index >= 15 is 0 Å². The van der Waals surface area contributed by atoms with Gasteiger partial charge in [-0.1, -0.05) is 0 Å². The number of nitrogens with zero attached hydrogens (tertiary/aromatic N) is 4. The zero-order valence-electron chi connectivity index (χ0n) is 11.7. The van der Waals surface area contributed by atoms with E-state index in [1.165, 1.54) is 11.5 Å². The van der Waals surface area contributed by atoms with Crippen LogP contribution in [0.2, 0.25) is 0 Å². The Morgan fingerprint density at radius 1 is 1.43 bits per heavy atom. The number of nitrogens with one attached hydrogen (secondary N) is 1. The van der Waals surface area contributed by atoms with Gasteiger partial charge in [-0.05, 0) is 30.2 Å². The number of fused-ring (bicyclic) bond motifs is 1. The summed E-state index contributed by atoms with van der Waals surface area (Å²) >= 11 is 4.63. The van der Waals surface area contributed by atoms with Crippen molar-refractivity contribution in [2.45, 2.75) is 22.8 Å². The Balaban J connectivity index is 1.81. The normalized spacial score (nSPS) is 11.5.